The molecule has 0 bridgehead atoms. The Morgan fingerprint density at radius 1 is 0.889 bits per heavy atom. The van der Waals surface area contributed by atoms with Crippen molar-refractivity contribution >= 4 is 22.0 Å². The fraction of sp³-hybridized carbons (Fsp3) is 0.0870. The van der Waals surface area contributed by atoms with Crippen molar-refractivity contribution in [3.05, 3.63) is 101 Å². The molecule has 134 valence electrons. The maximum Gasteiger partial charge on any atom is 0.133 e. The SMILES string of the molecule is CC/C(=C(/c1ccccc1)c1ccc2[nH]ncc2c1)c1c(F)cccc1F. The van der Waals surface area contributed by atoms with Gasteiger partial charge in [0, 0.05) is 10.9 Å². The first-order valence-electron chi connectivity index (χ1n) is 8.85. The van der Waals surface area contributed by atoms with Crippen LogP contribution in [0, 0.1) is 11.6 Å². The first-order valence-corrected chi connectivity index (χ1v) is 8.85. The summed E-state index contributed by atoms with van der Waals surface area (Å²) in [6.45, 7) is 1.92. The van der Waals surface area contributed by atoms with Crippen LogP contribution < -0.4 is 0 Å². The number of fused-ring (bicyclic) bond motifs is 1. The number of nitrogens with zero attached hydrogens (tertiary/aromatic N) is 1. The van der Waals surface area contributed by atoms with E-state index in [0.29, 0.717) is 12.0 Å². The molecule has 0 atom stereocenters. The summed E-state index contributed by atoms with van der Waals surface area (Å²) >= 11 is 0. The summed E-state index contributed by atoms with van der Waals surface area (Å²) in [5.74, 6) is -1.10. The lowest BCUT2D eigenvalue weighted by Gasteiger charge is -2.17. The molecule has 1 aromatic heterocycles. The number of hydrogen-bond donors (Lipinski definition) is 1. The van der Waals surface area contributed by atoms with Crippen LogP contribution in [0.5, 0.6) is 0 Å². The molecule has 4 rings (SSSR count). The Morgan fingerprint density at radius 3 is 2.33 bits per heavy atom. The van der Waals surface area contributed by atoms with Crippen LogP contribution in [0.15, 0.2) is 72.9 Å². The van der Waals surface area contributed by atoms with E-state index in [1.807, 2.05) is 55.5 Å². The summed E-state index contributed by atoms with van der Waals surface area (Å²) in [5, 5.41) is 7.95. The third kappa shape index (κ3) is 3.14. The maximum absolute atomic E-state index is 14.6. The zero-order chi connectivity index (χ0) is 18.8. The van der Waals surface area contributed by atoms with Crippen molar-refractivity contribution < 1.29 is 8.78 Å². The molecule has 1 N–H and O–H groups in total. The van der Waals surface area contributed by atoms with E-state index in [1.54, 1.807) is 6.20 Å². The number of aromatic nitrogens is 2. The molecule has 27 heavy (non-hydrogen) atoms. The average molecular weight is 360 g/mol. The topological polar surface area (TPSA) is 28.7 Å². The van der Waals surface area contributed by atoms with Crippen molar-refractivity contribution in [3.8, 4) is 0 Å². The van der Waals surface area contributed by atoms with Gasteiger partial charge in [-0.3, -0.25) is 5.10 Å². The molecule has 0 saturated carbocycles. The number of H-pyrrole nitrogens is 1. The van der Waals surface area contributed by atoms with E-state index in [0.717, 1.165) is 27.6 Å². The highest BCUT2D eigenvalue weighted by molar-refractivity contribution is 6.00. The van der Waals surface area contributed by atoms with Crippen LogP contribution >= 0.6 is 0 Å². The highest BCUT2D eigenvalue weighted by Crippen LogP contribution is 2.37. The summed E-state index contributed by atoms with van der Waals surface area (Å²) in [6.07, 6.45) is 2.24. The van der Waals surface area contributed by atoms with Gasteiger partial charge in [0.05, 0.1) is 11.7 Å². The molecule has 4 aromatic rings. The lowest BCUT2D eigenvalue weighted by atomic mass is 9.87. The molecule has 0 aliphatic heterocycles. The predicted molar refractivity (Wildman–Crippen MR) is 105 cm³/mol. The maximum atomic E-state index is 14.6. The zero-order valence-corrected chi connectivity index (χ0v) is 14.8. The minimum absolute atomic E-state index is 0.0335. The quantitative estimate of drug-likeness (QED) is 0.431. The summed E-state index contributed by atoms with van der Waals surface area (Å²) in [4.78, 5) is 0. The van der Waals surface area contributed by atoms with Gasteiger partial charge in [0.25, 0.3) is 0 Å². The minimum atomic E-state index is -0.551. The highest BCUT2D eigenvalue weighted by atomic mass is 19.1. The van der Waals surface area contributed by atoms with Crippen molar-refractivity contribution in [3.63, 3.8) is 0 Å². The van der Waals surface area contributed by atoms with Crippen molar-refractivity contribution in [1.29, 1.82) is 0 Å². The van der Waals surface area contributed by atoms with Gasteiger partial charge in [0.2, 0.25) is 0 Å². The van der Waals surface area contributed by atoms with Gasteiger partial charge >= 0.3 is 0 Å². The van der Waals surface area contributed by atoms with Crippen molar-refractivity contribution in [2.45, 2.75) is 13.3 Å². The van der Waals surface area contributed by atoms with E-state index in [9.17, 15) is 8.78 Å². The van der Waals surface area contributed by atoms with E-state index in [1.165, 1.54) is 18.2 Å². The predicted octanol–water partition coefficient (Wildman–Crippen LogP) is 6.21. The van der Waals surface area contributed by atoms with E-state index < -0.39 is 11.6 Å². The van der Waals surface area contributed by atoms with Gasteiger partial charge in [0.15, 0.2) is 0 Å². The molecule has 0 fully saturated rings. The Kier molecular flexibility index (Phi) is 4.55. The molecule has 4 heteroatoms. The van der Waals surface area contributed by atoms with Crippen LogP contribution in [0.4, 0.5) is 8.78 Å². The van der Waals surface area contributed by atoms with E-state index in [4.69, 9.17) is 0 Å². The van der Waals surface area contributed by atoms with Crippen LogP contribution in [0.1, 0.15) is 30.0 Å². The third-order valence-corrected chi connectivity index (χ3v) is 4.71. The third-order valence-electron chi connectivity index (χ3n) is 4.71. The fourth-order valence-electron chi connectivity index (χ4n) is 3.48. The second-order valence-electron chi connectivity index (χ2n) is 6.34. The molecule has 0 aliphatic carbocycles. The Labute approximate surface area is 156 Å². The van der Waals surface area contributed by atoms with Crippen LogP contribution in [0.2, 0.25) is 0 Å². The summed E-state index contributed by atoms with van der Waals surface area (Å²) in [7, 11) is 0. The molecule has 0 amide bonds. The number of nitrogens with one attached hydrogen (secondary N) is 1. The summed E-state index contributed by atoms with van der Waals surface area (Å²) in [6, 6.07) is 19.6. The monoisotopic (exact) mass is 360 g/mol. The molecule has 2 nitrogen and oxygen atoms in total. The largest absolute Gasteiger partial charge is 0.278 e. The Morgan fingerprint density at radius 2 is 1.63 bits per heavy atom. The number of rotatable bonds is 4. The molecule has 0 radical (unpaired) electrons. The zero-order valence-electron chi connectivity index (χ0n) is 14.8. The van der Waals surface area contributed by atoms with Crippen molar-refractivity contribution in [1.82, 2.24) is 10.2 Å². The first kappa shape index (κ1) is 17.2. The van der Waals surface area contributed by atoms with Crippen LogP contribution in [0.3, 0.4) is 0 Å². The van der Waals surface area contributed by atoms with Crippen LogP contribution in [-0.2, 0) is 0 Å². The van der Waals surface area contributed by atoms with Gasteiger partial charge in [-0.2, -0.15) is 5.10 Å². The first-order chi connectivity index (χ1) is 13.2. The fourth-order valence-corrected chi connectivity index (χ4v) is 3.48. The van der Waals surface area contributed by atoms with Crippen molar-refractivity contribution in [2.75, 3.05) is 0 Å². The number of benzene rings is 3. The molecule has 0 aliphatic rings. The molecule has 1 heterocycles. The number of halogens is 2. The molecular formula is C23H18F2N2. The molecule has 3 aromatic carbocycles. The van der Waals surface area contributed by atoms with E-state index in [-0.39, 0.29) is 5.56 Å². The smallest absolute Gasteiger partial charge is 0.133 e. The summed E-state index contributed by atoms with van der Waals surface area (Å²) < 4.78 is 29.2. The Bertz CT molecular complexity index is 1110. The van der Waals surface area contributed by atoms with Crippen LogP contribution in [0.25, 0.3) is 22.0 Å². The Hall–Kier alpha value is -3.27. The van der Waals surface area contributed by atoms with Crippen LogP contribution in [-0.4, -0.2) is 10.2 Å². The second-order valence-corrected chi connectivity index (χ2v) is 6.34. The molecular weight excluding hydrogens is 342 g/mol. The lowest BCUT2D eigenvalue weighted by molar-refractivity contribution is 0.576. The number of hydrogen-bond acceptors (Lipinski definition) is 1. The van der Waals surface area contributed by atoms with Gasteiger partial charge < -0.3 is 0 Å². The van der Waals surface area contributed by atoms with Gasteiger partial charge in [-0.15, -0.1) is 0 Å². The summed E-state index contributed by atoms with van der Waals surface area (Å²) in [5.41, 5.74) is 4.23. The number of aromatic amines is 1. The average Bonchev–Trinajstić information content (AvgIpc) is 3.15. The van der Waals surface area contributed by atoms with E-state index >= 15 is 0 Å². The molecule has 0 spiro atoms. The lowest BCUT2D eigenvalue weighted by Crippen LogP contribution is -2.00. The van der Waals surface area contributed by atoms with Gasteiger partial charge in [-0.1, -0.05) is 49.4 Å². The normalized spacial score (nSPS) is 12.3. The molecule has 0 saturated heterocycles. The standard InChI is InChI=1S/C23H18F2N2/c1-2-18(23-19(24)9-6-10-20(23)25)22(15-7-4-3-5-8-15)16-11-12-21-17(13-16)14-26-27-21/h3-14H,2H2,1H3,(H,26,27)/b22-18+. The second kappa shape index (κ2) is 7.16. The van der Waals surface area contributed by atoms with Gasteiger partial charge in [-0.25, -0.2) is 8.78 Å². The minimum Gasteiger partial charge on any atom is -0.278 e. The van der Waals surface area contributed by atoms with Crippen molar-refractivity contribution in [2.24, 2.45) is 0 Å². The van der Waals surface area contributed by atoms with E-state index in [2.05, 4.69) is 10.2 Å². The Balaban J connectivity index is 2.06. The van der Waals surface area contributed by atoms with Gasteiger partial charge in [0.1, 0.15) is 11.6 Å². The highest BCUT2D eigenvalue weighted by Gasteiger charge is 2.19. The van der Waals surface area contributed by atoms with Gasteiger partial charge in [-0.05, 0) is 53.0 Å². The molecule has 0 unspecified atom stereocenters. The number of allylic oxidation sites excluding steroid dienone is 1.